The second-order valence-corrected chi connectivity index (χ2v) is 5.32. The molecule has 0 fully saturated rings. The number of nitrogen functional groups attached to an aromatic ring is 1. The first-order chi connectivity index (χ1) is 10.1. The minimum Gasteiger partial charge on any atom is -0.399 e. The summed E-state index contributed by atoms with van der Waals surface area (Å²) in [6, 6.07) is 4.28. The first-order valence-electron chi connectivity index (χ1n) is 6.96. The third-order valence-electron chi connectivity index (χ3n) is 2.82. The Morgan fingerprint density at radius 2 is 2.14 bits per heavy atom. The van der Waals surface area contributed by atoms with E-state index in [1.54, 1.807) is 10.7 Å². The van der Waals surface area contributed by atoms with Gasteiger partial charge >= 0.3 is 0 Å². The predicted octanol–water partition coefficient (Wildman–Crippen LogP) is 2.12. The fraction of sp³-hybridized carbons (Fsp3) is 0.500. The van der Waals surface area contributed by atoms with Crippen LogP contribution < -0.4 is 5.73 Å². The van der Waals surface area contributed by atoms with E-state index in [-0.39, 0.29) is 0 Å². The van der Waals surface area contributed by atoms with Crippen molar-refractivity contribution in [3.8, 4) is 11.4 Å². The summed E-state index contributed by atoms with van der Waals surface area (Å²) in [6.45, 7) is 6.20. The molecular formula is C14H20FN5O. The maximum absolute atomic E-state index is 13.4. The van der Waals surface area contributed by atoms with Crippen LogP contribution in [0.3, 0.4) is 0 Å². The molecule has 21 heavy (non-hydrogen) atoms. The van der Waals surface area contributed by atoms with Crippen LogP contribution in [0, 0.1) is 11.7 Å². The molecule has 0 saturated carbocycles. The summed E-state index contributed by atoms with van der Waals surface area (Å²) in [5.41, 5.74) is 6.56. The van der Waals surface area contributed by atoms with Crippen LogP contribution in [0.4, 0.5) is 10.1 Å². The number of aryl methyl sites for hydroxylation is 1. The molecular weight excluding hydrogens is 273 g/mol. The van der Waals surface area contributed by atoms with E-state index in [0.29, 0.717) is 36.1 Å². The number of halogens is 1. The third-order valence-corrected chi connectivity index (χ3v) is 2.82. The molecule has 2 N–H and O–H groups in total. The average molecular weight is 293 g/mol. The van der Waals surface area contributed by atoms with E-state index in [4.69, 9.17) is 10.5 Å². The number of tetrazole rings is 1. The van der Waals surface area contributed by atoms with E-state index in [9.17, 15) is 4.39 Å². The molecule has 0 bridgehead atoms. The van der Waals surface area contributed by atoms with Crippen LogP contribution in [-0.2, 0) is 11.3 Å². The Morgan fingerprint density at radius 1 is 1.33 bits per heavy atom. The van der Waals surface area contributed by atoms with E-state index >= 15 is 0 Å². The molecule has 7 heteroatoms. The van der Waals surface area contributed by atoms with Crippen LogP contribution in [0.5, 0.6) is 0 Å². The zero-order valence-corrected chi connectivity index (χ0v) is 12.3. The smallest absolute Gasteiger partial charge is 0.182 e. The lowest BCUT2D eigenvalue weighted by atomic mass is 10.2. The fourth-order valence-corrected chi connectivity index (χ4v) is 1.94. The van der Waals surface area contributed by atoms with Crippen molar-refractivity contribution >= 4 is 5.69 Å². The van der Waals surface area contributed by atoms with E-state index in [0.717, 1.165) is 13.0 Å². The van der Waals surface area contributed by atoms with Crippen molar-refractivity contribution in [3.05, 3.63) is 24.0 Å². The second-order valence-electron chi connectivity index (χ2n) is 5.32. The first-order valence-corrected chi connectivity index (χ1v) is 6.96. The topological polar surface area (TPSA) is 78.8 Å². The quantitative estimate of drug-likeness (QED) is 0.625. The van der Waals surface area contributed by atoms with Crippen molar-refractivity contribution in [1.29, 1.82) is 0 Å². The molecule has 0 unspecified atom stereocenters. The van der Waals surface area contributed by atoms with Crippen molar-refractivity contribution in [3.63, 3.8) is 0 Å². The molecule has 2 rings (SSSR count). The Bertz CT molecular complexity index is 564. The normalized spacial score (nSPS) is 11.2. The number of nitrogens with two attached hydrogens (primary N) is 1. The monoisotopic (exact) mass is 293 g/mol. The van der Waals surface area contributed by atoms with Crippen molar-refractivity contribution < 1.29 is 9.13 Å². The number of aromatic nitrogens is 4. The Kier molecular flexibility index (Phi) is 5.21. The molecule has 1 aromatic carbocycles. The minimum absolute atomic E-state index is 0.347. The molecule has 0 aliphatic heterocycles. The summed E-state index contributed by atoms with van der Waals surface area (Å²) in [5.74, 6) is 0.619. The molecule has 0 radical (unpaired) electrons. The van der Waals surface area contributed by atoms with Crippen LogP contribution in [0.2, 0.25) is 0 Å². The van der Waals surface area contributed by atoms with Gasteiger partial charge in [0.2, 0.25) is 0 Å². The van der Waals surface area contributed by atoms with E-state index in [1.807, 2.05) is 0 Å². The summed E-state index contributed by atoms with van der Waals surface area (Å²) in [6.07, 6.45) is 0.787. The van der Waals surface area contributed by atoms with E-state index < -0.39 is 5.82 Å². The zero-order valence-electron chi connectivity index (χ0n) is 12.3. The molecule has 114 valence electrons. The molecule has 0 aliphatic carbocycles. The van der Waals surface area contributed by atoms with Crippen LogP contribution in [0.25, 0.3) is 11.4 Å². The molecule has 0 amide bonds. The highest BCUT2D eigenvalue weighted by atomic mass is 19.1. The van der Waals surface area contributed by atoms with Crippen LogP contribution in [-0.4, -0.2) is 33.4 Å². The molecule has 0 aliphatic rings. The number of hydrogen-bond acceptors (Lipinski definition) is 5. The molecule has 0 atom stereocenters. The van der Waals surface area contributed by atoms with Gasteiger partial charge in [0.05, 0.1) is 0 Å². The lowest BCUT2D eigenvalue weighted by molar-refractivity contribution is 0.105. The highest BCUT2D eigenvalue weighted by Gasteiger charge is 2.10. The number of anilines is 1. The van der Waals surface area contributed by atoms with Gasteiger partial charge in [-0.15, -0.1) is 5.10 Å². The first kappa shape index (κ1) is 15.4. The molecule has 0 saturated heterocycles. The molecule has 1 heterocycles. The van der Waals surface area contributed by atoms with Crippen molar-refractivity contribution in [2.45, 2.75) is 26.8 Å². The molecule has 2 aromatic rings. The summed E-state index contributed by atoms with van der Waals surface area (Å²) in [7, 11) is 0. The van der Waals surface area contributed by atoms with E-state index in [1.165, 1.54) is 12.1 Å². The largest absolute Gasteiger partial charge is 0.399 e. The van der Waals surface area contributed by atoms with Gasteiger partial charge in [-0.25, -0.2) is 9.07 Å². The van der Waals surface area contributed by atoms with Gasteiger partial charge in [-0.3, -0.25) is 0 Å². The Labute approximate surface area is 123 Å². The van der Waals surface area contributed by atoms with Crippen LogP contribution in [0.15, 0.2) is 18.2 Å². The summed E-state index contributed by atoms with van der Waals surface area (Å²) in [4.78, 5) is 0. The molecule has 0 spiro atoms. The summed E-state index contributed by atoms with van der Waals surface area (Å²) >= 11 is 0. The van der Waals surface area contributed by atoms with E-state index in [2.05, 4.69) is 29.4 Å². The number of rotatable bonds is 7. The van der Waals surface area contributed by atoms with Crippen molar-refractivity contribution in [1.82, 2.24) is 20.2 Å². The zero-order chi connectivity index (χ0) is 15.2. The Balaban J connectivity index is 1.98. The highest BCUT2D eigenvalue weighted by molar-refractivity contribution is 5.61. The van der Waals surface area contributed by atoms with Gasteiger partial charge in [0.15, 0.2) is 5.82 Å². The van der Waals surface area contributed by atoms with Gasteiger partial charge in [0.1, 0.15) is 5.82 Å². The molecule has 1 aromatic heterocycles. The maximum Gasteiger partial charge on any atom is 0.182 e. The van der Waals surface area contributed by atoms with Crippen molar-refractivity contribution in [2.75, 3.05) is 18.9 Å². The summed E-state index contributed by atoms with van der Waals surface area (Å²) < 4.78 is 20.5. The lowest BCUT2D eigenvalue weighted by Gasteiger charge is -2.08. The standard InChI is InChI=1S/C14H20FN5O/c1-10(2)9-21-5-3-4-20-14(17-18-19-20)11-6-12(15)8-13(16)7-11/h6-8,10H,3-5,9,16H2,1-2H3. The number of nitrogens with zero attached hydrogens (tertiary/aromatic N) is 4. The third kappa shape index (κ3) is 4.49. The Morgan fingerprint density at radius 3 is 2.86 bits per heavy atom. The van der Waals surface area contributed by atoms with Gasteiger partial charge in [0.25, 0.3) is 0 Å². The Hall–Kier alpha value is -2.02. The SMILES string of the molecule is CC(C)COCCCn1nnnc1-c1cc(N)cc(F)c1. The number of ether oxygens (including phenoxy) is 1. The number of benzene rings is 1. The fourth-order valence-electron chi connectivity index (χ4n) is 1.94. The van der Waals surface area contributed by atoms with Gasteiger partial charge in [0, 0.05) is 31.0 Å². The highest BCUT2D eigenvalue weighted by Crippen LogP contribution is 2.20. The second kappa shape index (κ2) is 7.12. The van der Waals surface area contributed by atoms with Crippen LogP contribution in [0.1, 0.15) is 20.3 Å². The van der Waals surface area contributed by atoms with Gasteiger partial charge in [-0.05, 0) is 41.0 Å². The van der Waals surface area contributed by atoms with Crippen LogP contribution >= 0.6 is 0 Å². The van der Waals surface area contributed by atoms with Gasteiger partial charge in [-0.2, -0.15) is 0 Å². The average Bonchev–Trinajstić information content (AvgIpc) is 2.85. The summed E-state index contributed by atoms with van der Waals surface area (Å²) in [5, 5.41) is 11.5. The number of hydrogen-bond donors (Lipinski definition) is 1. The lowest BCUT2D eigenvalue weighted by Crippen LogP contribution is -2.08. The predicted molar refractivity (Wildman–Crippen MR) is 77.9 cm³/mol. The van der Waals surface area contributed by atoms with Gasteiger partial charge < -0.3 is 10.5 Å². The molecule has 6 nitrogen and oxygen atoms in total. The maximum atomic E-state index is 13.4. The van der Waals surface area contributed by atoms with Crippen molar-refractivity contribution in [2.24, 2.45) is 5.92 Å². The minimum atomic E-state index is -0.403. The van der Waals surface area contributed by atoms with Gasteiger partial charge in [-0.1, -0.05) is 13.8 Å².